The first-order chi connectivity index (χ1) is 6.83. The summed E-state index contributed by atoms with van der Waals surface area (Å²) in [5.41, 5.74) is -0.123. The van der Waals surface area contributed by atoms with Crippen molar-refractivity contribution in [1.82, 2.24) is 5.32 Å². The highest BCUT2D eigenvalue weighted by Crippen LogP contribution is 2.18. The second kappa shape index (κ2) is 6.42. The number of nitrogens with two attached hydrogens (primary N) is 1. The van der Waals surface area contributed by atoms with Crippen molar-refractivity contribution in [3.8, 4) is 0 Å². The Morgan fingerprint density at radius 2 is 2.07 bits per heavy atom. The summed E-state index contributed by atoms with van der Waals surface area (Å²) in [6.07, 6.45) is 1.38. The van der Waals surface area contributed by atoms with Gasteiger partial charge in [0.05, 0.1) is 5.75 Å². The van der Waals surface area contributed by atoms with E-state index in [1.165, 1.54) is 0 Å². The van der Waals surface area contributed by atoms with Crippen molar-refractivity contribution in [2.45, 2.75) is 26.7 Å². The number of rotatable bonds is 8. The molecule has 0 saturated heterocycles. The van der Waals surface area contributed by atoms with E-state index >= 15 is 0 Å². The van der Waals surface area contributed by atoms with Crippen molar-refractivity contribution in [2.75, 3.05) is 25.4 Å². The van der Waals surface area contributed by atoms with Gasteiger partial charge in [-0.1, -0.05) is 13.8 Å². The van der Waals surface area contributed by atoms with E-state index < -0.39 is 10.0 Å². The van der Waals surface area contributed by atoms with Gasteiger partial charge in [-0.15, -0.1) is 0 Å². The molecule has 5 nitrogen and oxygen atoms in total. The van der Waals surface area contributed by atoms with E-state index in [2.05, 4.69) is 5.32 Å². The van der Waals surface area contributed by atoms with Crippen LogP contribution in [0.4, 0.5) is 0 Å². The molecule has 6 heteroatoms. The summed E-state index contributed by atoms with van der Waals surface area (Å²) in [6.45, 7) is 5.42. The van der Waals surface area contributed by atoms with Crippen LogP contribution in [0.15, 0.2) is 0 Å². The van der Waals surface area contributed by atoms with E-state index in [0.29, 0.717) is 19.5 Å². The molecular weight excluding hydrogens is 216 g/mol. The molecule has 0 aliphatic heterocycles. The number of sulfonamides is 1. The summed E-state index contributed by atoms with van der Waals surface area (Å²) in [5, 5.41) is 17.1. The highest BCUT2D eigenvalue weighted by atomic mass is 32.2. The van der Waals surface area contributed by atoms with Gasteiger partial charge < -0.3 is 10.4 Å². The summed E-state index contributed by atoms with van der Waals surface area (Å²) in [7, 11) is -3.34. The van der Waals surface area contributed by atoms with Gasteiger partial charge in [-0.05, 0) is 19.4 Å². The van der Waals surface area contributed by atoms with E-state index in [0.717, 1.165) is 6.42 Å². The van der Waals surface area contributed by atoms with Crippen LogP contribution in [0.25, 0.3) is 0 Å². The average molecular weight is 238 g/mol. The molecule has 1 unspecified atom stereocenters. The van der Waals surface area contributed by atoms with Crippen LogP contribution in [-0.2, 0) is 10.0 Å². The molecule has 0 radical (unpaired) electrons. The van der Waals surface area contributed by atoms with E-state index in [9.17, 15) is 8.42 Å². The summed E-state index contributed by atoms with van der Waals surface area (Å²) >= 11 is 0. The molecule has 0 saturated carbocycles. The maximum Gasteiger partial charge on any atom is 0.209 e. The second-order valence-corrected chi connectivity index (χ2v) is 5.95. The Morgan fingerprint density at radius 1 is 1.47 bits per heavy atom. The zero-order valence-electron chi connectivity index (χ0n) is 9.49. The number of primary sulfonamides is 1. The van der Waals surface area contributed by atoms with Crippen LogP contribution in [0.1, 0.15) is 26.7 Å². The van der Waals surface area contributed by atoms with Crippen molar-refractivity contribution in [3.05, 3.63) is 0 Å². The third-order valence-electron chi connectivity index (χ3n) is 2.57. The van der Waals surface area contributed by atoms with Gasteiger partial charge >= 0.3 is 0 Å². The molecule has 0 bridgehead atoms. The number of nitrogens with one attached hydrogen (secondary N) is 1. The summed E-state index contributed by atoms with van der Waals surface area (Å²) in [4.78, 5) is 0. The Balaban J connectivity index is 3.63. The summed E-state index contributed by atoms with van der Waals surface area (Å²) < 4.78 is 21.2. The van der Waals surface area contributed by atoms with Crippen LogP contribution in [0.2, 0.25) is 0 Å². The van der Waals surface area contributed by atoms with Crippen LogP contribution in [0.3, 0.4) is 0 Å². The molecule has 0 spiro atoms. The molecule has 15 heavy (non-hydrogen) atoms. The Labute approximate surface area is 92.1 Å². The lowest BCUT2D eigenvalue weighted by atomic mass is 9.89. The molecule has 0 aromatic carbocycles. The summed E-state index contributed by atoms with van der Waals surface area (Å²) in [6, 6.07) is 0. The molecular formula is C9H22N2O3S. The first kappa shape index (κ1) is 14.8. The number of aliphatic hydroxyl groups is 1. The maximum absolute atomic E-state index is 10.6. The molecule has 1 atom stereocenters. The molecule has 0 rings (SSSR count). The summed E-state index contributed by atoms with van der Waals surface area (Å²) in [5.74, 6) is 0.00195. The molecule has 0 aliphatic rings. The predicted molar refractivity (Wildman–Crippen MR) is 60.9 cm³/mol. The Morgan fingerprint density at radius 3 is 2.47 bits per heavy atom. The fourth-order valence-corrected chi connectivity index (χ4v) is 1.63. The zero-order chi connectivity index (χ0) is 11.9. The van der Waals surface area contributed by atoms with Gasteiger partial charge in [-0.2, -0.15) is 0 Å². The lowest BCUT2D eigenvalue weighted by Crippen LogP contribution is -2.35. The van der Waals surface area contributed by atoms with Crippen molar-refractivity contribution >= 4 is 10.0 Å². The van der Waals surface area contributed by atoms with E-state index in [1.807, 2.05) is 13.8 Å². The van der Waals surface area contributed by atoms with Crippen molar-refractivity contribution in [2.24, 2.45) is 10.6 Å². The molecule has 0 heterocycles. The van der Waals surface area contributed by atoms with Crippen LogP contribution in [-0.4, -0.2) is 39.0 Å². The standard InChI is InChI=1S/C9H22N2O3S/c1-3-9(2,8-12)7-11-5-4-6-15(10,13)14/h11-12H,3-8H2,1-2H3,(H2,10,13,14). The van der Waals surface area contributed by atoms with Gasteiger partial charge in [-0.3, -0.25) is 0 Å². The maximum atomic E-state index is 10.6. The van der Waals surface area contributed by atoms with Crippen LogP contribution in [0, 0.1) is 5.41 Å². The van der Waals surface area contributed by atoms with Crippen molar-refractivity contribution in [1.29, 1.82) is 0 Å². The third-order valence-corrected chi connectivity index (χ3v) is 3.43. The van der Waals surface area contributed by atoms with Gasteiger partial charge in [0.2, 0.25) is 10.0 Å². The Kier molecular flexibility index (Phi) is 6.35. The topological polar surface area (TPSA) is 92.4 Å². The van der Waals surface area contributed by atoms with Crippen LogP contribution in [0.5, 0.6) is 0 Å². The quantitative estimate of drug-likeness (QED) is 0.505. The zero-order valence-corrected chi connectivity index (χ0v) is 10.3. The van der Waals surface area contributed by atoms with Gasteiger partial charge in [0.1, 0.15) is 0 Å². The normalized spacial score (nSPS) is 16.3. The Hall–Kier alpha value is -0.170. The van der Waals surface area contributed by atoms with Crippen molar-refractivity contribution in [3.63, 3.8) is 0 Å². The van der Waals surface area contributed by atoms with E-state index in [1.54, 1.807) is 0 Å². The lowest BCUT2D eigenvalue weighted by molar-refractivity contribution is 0.136. The molecule has 0 aliphatic carbocycles. The van der Waals surface area contributed by atoms with Gasteiger partial charge in [-0.25, -0.2) is 13.6 Å². The monoisotopic (exact) mass is 238 g/mol. The van der Waals surface area contributed by atoms with Crippen LogP contribution < -0.4 is 10.5 Å². The SMILES string of the molecule is CCC(C)(CO)CNCCCS(N)(=O)=O. The minimum Gasteiger partial charge on any atom is -0.396 e. The smallest absolute Gasteiger partial charge is 0.209 e. The largest absolute Gasteiger partial charge is 0.396 e. The second-order valence-electron chi connectivity index (χ2n) is 4.22. The van der Waals surface area contributed by atoms with Crippen LogP contribution >= 0.6 is 0 Å². The molecule has 0 fully saturated rings. The lowest BCUT2D eigenvalue weighted by Gasteiger charge is -2.25. The fourth-order valence-electron chi connectivity index (χ4n) is 1.08. The minimum atomic E-state index is -3.34. The Bertz CT molecular complexity index is 261. The van der Waals surface area contributed by atoms with E-state index in [4.69, 9.17) is 10.2 Å². The minimum absolute atomic E-state index is 0.00195. The fraction of sp³-hybridized carbons (Fsp3) is 1.00. The van der Waals surface area contributed by atoms with E-state index in [-0.39, 0.29) is 17.8 Å². The van der Waals surface area contributed by atoms with Crippen molar-refractivity contribution < 1.29 is 13.5 Å². The number of hydrogen-bond donors (Lipinski definition) is 3. The number of aliphatic hydroxyl groups excluding tert-OH is 1. The average Bonchev–Trinajstić information content (AvgIpc) is 2.15. The highest BCUT2D eigenvalue weighted by molar-refractivity contribution is 7.89. The third kappa shape index (κ3) is 7.72. The first-order valence-corrected chi connectivity index (χ1v) is 6.86. The molecule has 0 amide bonds. The molecule has 0 aromatic rings. The number of hydrogen-bond acceptors (Lipinski definition) is 4. The predicted octanol–water partition coefficient (Wildman–Crippen LogP) is -0.337. The molecule has 4 N–H and O–H groups in total. The van der Waals surface area contributed by atoms with Gasteiger partial charge in [0.15, 0.2) is 0 Å². The highest BCUT2D eigenvalue weighted by Gasteiger charge is 2.19. The first-order valence-electron chi connectivity index (χ1n) is 5.15. The molecule has 92 valence electrons. The van der Waals surface area contributed by atoms with Gasteiger partial charge in [0, 0.05) is 18.6 Å². The molecule has 0 aromatic heterocycles. The van der Waals surface area contributed by atoms with Gasteiger partial charge in [0.25, 0.3) is 0 Å².